The first-order valence-electron chi connectivity index (χ1n) is 8.61. The van der Waals surface area contributed by atoms with Gasteiger partial charge < -0.3 is 15.1 Å². The van der Waals surface area contributed by atoms with Gasteiger partial charge in [-0.3, -0.25) is 9.78 Å². The number of rotatable bonds is 3. The summed E-state index contributed by atoms with van der Waals surface area (Å²) in [5.41, 5.74) is 1.71. The van der Waals surface area contributed by atoms with Gasteiger partial charge in [0.25, 0.3) is 5.91 Å². The maximum atomic E-state index is 12.5. The Morgan fingerprint density at radius 1 is 1.00 bits per heavy atom. The van der Waals surface area contributed by atoms with E-state index in [1.165, 1.54) is 6.20 Å². The number of piperazine rings is 1. The number of anilines is 2. The Bertz CT molecular complexity index is 913. The summed E-state index contributed by atoms with van der Waals surface area (Å²) < 4.78 is 0. The van der Waals surface area contributed by atoms with Crippen LogP contribution in [0.3, 0.4) is 0 Å². The van der Waals surface area contributed by atoms with Gasteiger partial charge in [-0.2, -0.15) is 0 Å². The van der Waals surface area contributed by atoms with Crippen molar-refractivity contribution in [1.29, 1.82) is 0 Å². The predicted octanol–water partition coefficient (Wildman–Crippen LogP) is 2.03. The number of carbonyl (C=O) groups excluding carboxylic acids is 1. The first-order chi connectivity index (χ1) is 12.7. The van der Waals surface area contributed by atoms with E-state index in [4.69, 9.17) is 0 Å². The Morgan fingerprint density at radius 2 is 1.81 bits per heavy atom. The summed E-state index contributed by atoms with van der Waals surface area (Å²) in [4.78, 5) is 30.1. The van der Waals surface area contributed by atoms with Crippen molar-refractivity contribution in [3.63, 3.8) is 0 Å². The minimum absolute atomic E-state index is 0.288. The molecule has 7 heteroatoms. The molecule has 3 heterocycles. The van der Waals surface area contributed by atoms with Crippen LogP contribution in [0, 0.1) is 0 Å². The summed E-state index contributed by atoms with van der Waals surface area (Å²) in [6, 6.07) is 9.52. The van der Waals surface area contributed by atoms with Gasteiger partial charge in [0, 0.05) is 37.8 Å². The Hall–Kier alpha value is -3.06. The molecule has 2 aromatic heterocycles. The molecule has 0 atom stereocenters. The van der Waals surface area contributed by atoms with Crippen LogP contribution < -0.4 is 10.2 Å². The lowest BCUT2D eigenvalue weighted by Crippen LogP contribution is -2.44. The van der Waals surface area contributed by atoms with Crippen molar-refractivity contribution in [2.75, 3.05) is 43.4 Å². The van der Waals surface area contributed by atoms with Gasteiger partial charge in [-0.15, -0.1) is 0 Å². The van der Waals surface area contributed by atoms with Crippen LogP contribution >= 0.6 is 0 Å². The molecule has 1 aromatic carbocycles. The highest BCUT2D eigenvalue weighted by molar-refractivity contribution is 6.07. The quantitative estimate of drug-likeness (QED) is 0.781. The van der Waals surface area contributed by atoms with Crippen molar-refractivity contribution in [3.8, 4) is 0 Å². The summed E-state index contributed by atoms with van der Waals surface area (Å²) in [6.07, 6.45) is 4.91. The standard InChI is InChI=1S/C19H20N6O/c1-24-8-10-25(11-9-24)17-13-21-16(12-22-17)19(26)23-15-6-2-4-14-5-3-7-20-18(14)15/h2-7,12-13H,8-11H2,1H3,(H,23,26). The third-order valence-corrected chi connectivity index (χ3v) is 4.58. The number of pyridine rings is 1. The Kier molecular flexibility index (Phi) is 4.45. The lowest BCUT2D eigenvalue weighted by atomic mass is 10.2. The van der Waals surface area contributed by atoms with Gasteiger partial charge >= 0.3 is 0 Å². The number of nitrogens with zero attached hydrogens (tertiary/aromatic N) is 5. The number of nitrogens with one attached hydrogen (secondary N) is 1. The molecule has 1 aliphatic heterocycles. The molecule has 1 saturated heterocycles. The van der Waals surface area contributed by atoms with Crippen LogP contribution in [0.5, 0.6) is 0 Å². The predicted molar refractivity (Wildman–Crippen MR) is 101 cm³/mol. The number of likely N-dealkylation sites (N-methyl/N-ethyl adjacent to an activating group) is 1. The highest BCUT2D eigenvalue weighted by Gasteiger charge is 2.17. The van der Waals surface area contributed by atoms with E-state index >= 15 is 0 Å². The van der Waals surface area contributed by atoms with E-state index < -0.39 is 0 Å². The van der Waals surface area contributed by atoms with Crippen LogP contribution in [0.1, 0.15) is 10.5 Å². The topological polar surface area (TPSA) is 74.2 Å². The molecule has 1 amide bonds. The number of benzene rings is 1. The highest BCUT2D eigenvalue weighted by atomic mass is 16.1. The van der Waals surface area contributed by atoms with Gasteiger partial charge in [0.1, 0.15) is 11.5 Å². The molecule has 132 valence electrons. The van der Waals surface area contributed by atoms with Crippen LogP contribution in [-0.4, -0.2) is 59.0 Å². The summed E-state index contributed by atoms with van der Waals surface area (Å²) in [5.74, 6) is 0.516. The maximum Gasteiger partial charge on any atom is 0.275 e. The van der Waals surface area contributed by atoms with E-state index in [2.05, 4.69) is 37.1 Å². The molecule has 7 nitrogen and oxygen atoms in total. The van der Waals surface area contributed by atoms with Crippen LogP contribution in [0.15, 0.2) is 48.9 Å². The number of fused-ring (bicyclic) bond motifs is 1. The van der Waals surface area contributed by atoms with Crippen molar-refractivity contribution in [1.82, 2.24) is 19.9 Å². The normalized spacial score (nSPS) is 15.2. The minimum Gasteiger partial charge on any atom is -0.353 e. The molecular weight excluding hydrogens is 328 g/mol. The van der Waals surface area contributed by atoms with Crippen molar-refractivity contribution in [2.24, 2.45) is 0 Å². The maximum absolute atomic E-state index is 12.5. The average molecular weight is 348 g/mol. The van der Waals surface area contributed by atoms with E-state index in [9.17, 15) is 4.79 Å². The second-order valence-corrected chi connectivity index (χ2v) is 6.38. The smallest absolute Gasteiger partial charge is 0.275 e. The van der Waals surface area contributed by atoms with Crippen molar-refractivity contribution in [2.45, 2.75) is 0 Å². The van der Waals surface area contributed by atoms with E-state index in [1.807, 2.05) is 30.3 Å². The molecule has 0 radical (unpaired) electrons. The van der Waals surface area contributed by atoms with Crippen molar-refractivity contribution >= 4 is 28.3 Å². The number of para-hydroxylation sites is 1. The summed E-state index contributed by atoms with van der Waals surface area (Å²) in [7, 11) is 2.11. The van der Waals surface area contributed by atoms with E-state index in [1.54, 1.807) is 12.4 Å². The molecule has 0 spiro atoms. The van der Waals surface area contributed by atoms with Gasteiger partial charge in [-0.1, -0.05) is 18.2 Å². The molecule has 26 heavy (non-hydrogen) atoms. The number of aromatic nitrogens is 3. The van der Waals surface area contributed by atoms with Gasteiger partial charge in [-0.05, 0) is 19.2 Å². The number of carbonyl (C=O) groups is 1. The second-order valence-electron chi connectivity index (χ2n) is 6.38. The third kappa shape index (κ3) is 3.34. The zero-order chi connectivity index (χ0) is 17.9. The Balaban J connectivity index is 1.50. The second kappa shape index (κ2) is 7.05. The zero-order valence-corrected chi connectivity index (χ0v) is 14.6. The molecule has 0 bridgehead atoms. The number of amides is 1. The fourth-order valence-electron chi connectivity index (χ4n) is 3.03. The van der Waals surface area contributed by atoms with E-state index in [-0.39, 0.29) is 11.6 Å². The molecule has 1 fully saturated rings. The van der Waals surface area contributed by atoms with Crippen LogP contribution in [0.2, 0.25) is 0 Å². The number of hydrogen-bond donors (Lipinski definition) is 1. The lowest BCUT2D eigenvalue weighted by molar-refractivity contribution is 0.102. The van der Waals surface area contributed by atoms with Crippen LogP contribution in [0.25, 0.3) is 10.9 Å². The molecule has 0 saturated carbocycles. The Morgan fingerprint density at radius 3 is 2.58 bits per heavy atom. The average Bonchev–Trinajstić information content (AvgIpc) is 2.69. The monoisotopic (exact) mass is 348 g/mol. The zero-order valence-electron chi connectivity index (χ0n) is 14.6. The van der Waals surface area contributed by atoms with E-state index in [0.29, 0.717) is 5.69 Å². The molecule has 1 N–H and O–H groups in total. The fourth-order valence-corrected chi connectivity index (χ4v) is 3.03. The van der Waals surface area contributed by atoms with Gasteiger partial charge in [0.15, 0.2) is 0 Å². The molecule has 0 aliphatic carbocycles. The molecule has 0 unspecified atom stereocenters. The highest BCUT2D eigenvalue weighted by Crippen LogP contribution is 2.21. The summed E-state index contributed by atoms with van der Waals surface area (Å²) in [5, 5.41) is 3.86. The molecule has 1 aliphatic rings. The first kappa shape index (κ1) is 16.4. The summed E-state index contributed by atoms with van der Waals surface area (Å²) in [6.45, 7) is 3.83. The van der Waals surface area contributed by atoms with Crippen molar-refractivity contribution in [3.05, 3.63) is 54.6 Å². The fraction of sp³-hybridized carbons (Fsp3) is 0.263. The SMILES string of the molecule is CN1CCN(c2cnc(C(=O)Nc3cccc4cccnc34)cn2)CC1. The lowest BCUT2D eigenvalue weighted by Gasteiger charge is -2.32. The largest absolute Gasteiger partial charge is 0.353 e. The first-order valence-corrected chi connectivity index (χ1v) is 8.61. The van der Waals surface area contributed by atoms with Crippen molar-refractivity contribution < 1.29 is 4.79 Å². The van der Waals surface area contributed by atoms with Crippen LogP contribution in [-0.2, 0) is 0 Å². The molecule has 4 rings (SSSR count). The Labute approximate surface area is 151 Å². The van der Waals surface area contributed by atoms with E-state index in [0.717, 1.165) is 42.9 Å². The number of hydrogen-bond acceptors (Lipinski definition) is 6. The molecular formula is C19H20N6O. The van der Waals surface area contributed by atoms with Gasteiger partial charge in [0.2, 0.25) is 0 Å². The minimum atomic E-state index is -0.291. The molecule has 3 aromatic rings. The van der Waals surface area contributed by atoms with Gasteiger partial charge in [0.05, 0.1) is 23.6 Å². The third-order valence-electron chi connectivity index (χ3n) is 4.58. The summed E-state index contributed by atoms with van der Waals surface area (Å²) >= 11 is 0. The van der Waals surface area contributed by atoms with Gasteiger partial charge in [-0.25, -0.2) is 9.97 Å². The van der Waals surface area contributed by atoms with Crippen LogP contribution in [0.4, 0.5) is 11.5 Å².